The molecule has 0 aliphatic carbocycles. The number of hydrogen-bond acceptors (Lipinski definition) is 2. The summed E-state index contributed by atoms with van der Waals surface area (Å²) in [6.07, 6.45) is 5.81. The molecule has 0 aromatic heterocycles. The van der Waals surface area contributed by atoms with Crippen molar-refractivity contribution in [3.63, 3.8) is 0 Å². The van der Waals surface area contributed by atoms with Crippen LogP contribution in [0, 0.1) is 0 Å². The summed E-state index contributed by atoms with van der Waals surface area (Å²) in [7, 11) is 0. The molecule has 1 fully saturated rings. The number of nitrogens with zero attached hydrogens (tertiary/aromatic N) is 2. The Morgan fingerprint density at radius 3 is 2.29 bits per heavy atom. The van der Waals surface area contributed by atoms with Crippen LogP contribution in [-0.4, -0.2) is 25.5 Å². The molecule has 4 rings (SSSR count). The number of carbonyl (C=O) groups is 1. The maximum atomic E-state index is 13.1. The molecule has 2 aromatic carbocycles. The number of amides is 1. The predicted octanol–water partition coefficient (Wildman–Crippen LogP) is 4.27. The predicted molar refractivity (Wildman–Crippen MR) is 98.9 cm³/mol. The van der Waals surface area contributed by atoms with E-state index in [1.54, 1.807) is 0 Å². The number of rotatable bonds is 2. The molecule has 0 radical (unpaired) electrons. The third-order valence-corrected chi connectivity index (χ3v) is 5.19. The van der Waals surface area contributed by atoms with Crippen LogP contribution in [0.4, 0.5) is 11.4 Å². The molecule has 1 amide bonds. The summed E-state index contributed by atoms with van der Waals surface area (Å²) in [4.78, 5) is 17.4. The van der Waals surface area contributed by atoms with Crippen LogP contribution in [0.5, 0.6) is 0 Å². The summed E-state index contributed by atoms with van der Waals surface area (Å²) in [6.45, 7) is 3.07. The maximum Gasteiger partial charge on any atom is 0.258 e. The molecule has 3 heteroatoms. The van der Waals surface area contributed by atoms with Gasteiger partial charge < -0.3 is 9.80 Å². The van der Waals surface area contributed by atoms with Crippen LogP contribution in [0.1, 0.15) is 41.6 Å². The molecular formula is C21H24N2O. The summed E-state index contributed by atoms with van der Waals surface area (Å²) in [5.74, 6) is 0.123. The van der Waals surface area contributed by atoms with Gasteiger partial charge in [0.05, 0.1) is 0 Å². The van der Waals surface area contributed by atoms with E-state index in [9.17, 15) is 4.79 Å². The number of aryl methyl sites for hydroxylation is 1. The first-order valence-electron chi connectivity index (χ1n) is 9.08. The second-order valence-corrected chi connectivity index (χ2v) is 6.78. The lowest BCUT2D eigenvalue weighted by atomic mass is 10.1. The maximum absolute atomic E-state index is 13.1. The molecule has 2 aromatic rings. The van der Waals surface area contributed by atoms with Crippen molar-refractivity contribution in [3.05, 3.63) is 59.7 Å². The Kier molecular flexibility index (Phi) is 4.24. The minimum absolute atomic E-state index is 0.123. The van der Waals surface area contributed by atoms with Crippen molar-refractivity contribution < 1.29 is 4.79 Å². The number of hydrogen-bond donors (Lipinski definition) is 0. The van der Waals surface area contributed by atoms with Gasteiger partial charge in [-0.25, -0.2) is 0 Å². The van der Waals surface area contributed by atoms with Gasteiger partial charge in [0, 0.05) is 36.6 Å². The smallest absolute Gasteiger partial charge is 0.258 e. The molecule has 0 spiro atoms. The van der Waals surface area contributed by atoms with Crippen LogP contribution in [0.3, 0.4) is 0 Å². The average Bonchev–Trinajstić information content (AvgIpc) is 3.08. The molecule has 0 atom stereocenters. The topological polar surface area (TPSA) is 23.6 Å². The van der Waals surface area contributed by atoms with Crippen molar-refractivity contribution >= 4 is 17.3 Å². The lowest BCUT2D eigenvalue weighted by Gasteiger charge is -2.23. The molecule has 0 saturated carbocycles. The van der Waals surface area contributed by atoms with Gasteiger partial charge in [-0.05, 0) is 68.0 Å². The van der Waals surface area contributed by atoms with Crippen LogP contribution < -0.4 is 9.80 Å². The summed E-state index contributed by atoms with van der Waals surface area (Å²) >= 11 is 0. The van der Waals surface area contributed by atoms with E-state index in [0.29, 0.717) is 0 Å². The molecule has 0 bridgehead atoms. The lowest BCUT2D eigenvalue weighted by Crippen LogP contribution is -2.31. The molecule has 0 unspecified atom stereocenters. The van der Waals surface area contributed by atoms with Gasteiger partial charge in [0.15, 0.2) is 0 Å². The Hall–Kier alpha value is -2.29. The van der Waals surface area contributed by atoms with E-state index in [-0.39, 0.29) is 5.91 Å². The molecule has 2 heterocycles. The molecular weight excluding hydrogens is 296 g/mol. The van der Waals surface area contributed by atoms with E-state index in [4.69, 9.17) is 0 Å². The van der Waals surface area contributed by atoms with E-state index < -0.39 is 0 Å². The molecule has 24 heavy (non-hydrogen) atoms. The van der Waals surface area contributed by atoms with E-state index in [1.807, 2.05) is 23.1 Å². The summed E-state index contributed by atoms with van der Waals surface area (Å²) in [5.41, 5.74) is 4.40. The first kappa shape index (κ1) is 15.3. The first-order valence-corrected chi connectivity index (χ1v) is 9.08. The molecule has 3 nitrogen and oxygen atoms in total. The van der Waals surface area contributed by atoms with E-state index in [0.717, 1.165) is 50.1 Å². The molecule has 1 saturated heterocycles. The van der Waals surface area contributed by atoms with E-state index in [1.165, 1.54) is 24.1 Å². The number of anilines is 2. The van der Waals surface area contributed by atoms with Crippen molar-refractivity contribution in [2.75, 3.05) is 29.4 Å². The minimum Gasteiger partial charge on any atom is -0.372 e. The zero-order valence-corrected chi connectivity index (χ0v) is 14.1. The highest BCUT2D eigenvalue weighted by atomic mass is 16.2. The monoisotopic (exact) mass is 320 g/mol. The fourth-order valence-electron chi connectivity index (χ4n) is 3.85. The molecule has 2 aliphatic rings. The van der Waals surface area contributed by atoms with Crippen LogP contribution in [0.2, 0.25) is 0 Å². The number of fused-ring (bicyclic) bond motifs is 1. The normalized spacial score (nSPS) is 17.5. The Morgan fingerprint density at radius 1 is 0.792 bits per heavy atom. The summed E-state index contributed by atoms with van der Waals surface area (Å²) in [6, 6.07) is 16.5. The van der Waals surface area contributed by atoms with Crippen molar-refractivity contribution in [1.82, 2.24) is 0 Å². The largest absolute Gasteiger partial charge is 0.372 e. The zero-order valence-electron chi connectivity index (χ0n) is 14.1. The quantitative estimate of drug-likeness (QED) is 0.825. The second kappa shape index (κ2) is 6.68. The van der Waals surface area contributed by atoms with E-state index >= 15 is 0 Å². The molecule has 124 valence electrons. The van der Waals surface area contributed by atoms with Gasteiger partial charge in [-0.1, -0.05) is 18.2 Å². The number of benzene rings is 2. The average molecular weight is 320 g/mol. The van der Waals surface area contributed by atoms with Gasteiger partial charge in [-0.15, -0.1) is 0 Å². The fourth-order valence-corrected chi connectivity index (χ4v) is 3.85. The van der Waals surface area contributed by atoms with Crippen molar-refractivity contribution in [2.24, 2.45) is 0 Å². The van der Waals surface area contributed by atoms with Gasteiger partial charge in [0.25, 0.3) is 5.91 Å². The Balaban J connectivity index is 1.59. The second-order valence-electron chi connectivity index (χ2n) is 6.78. The van der Waals surface area contributed by atoms with Crippen molar-refractivity contribution in [3.8, 4) is 0 Å². The van der Waals surface area contributed by atoms with Gasteiger partial charge >= 0.3 is 0 Å². The highest BCUT2D eigenvalue weighted by Gasteiger charge is 2.22. The molecule has 0 N–H and O–H groups in total. The van der Waals surface area contributed by atoms with Crippen molar-refractivity contribution in [2.45, 2.75) is 32.1 Å². The fraction of sp³-hybridized carbons (Fsp3) is 0.381. The Labute approximate surface area is 143 Å². The summed E-state index contributed by atoms with van der Waals surface area (Å²) < 4.78 is 0. The van der Waals surface area contributed by atoms with E-state index in [2.05, 4.69) is 35.2 Å². The SMILES string of the molecule is O=C(c1ccc(N2CCCC2)cc1)N1CCCCc2ccccc21. The lowest BCUT2D eigenvalue weighted by molar-refractivity contribution is 0.0987. The highest BCUT2D eigenvalue weighted by Crippen LogP contribution is 2.28. The standard InChI is InChI=1S/C21H24N2O/c24-21(18-10-12-19(13-11-18)22-14-5-6-15-22)23-16-4-3-8-17-7-1-2-9-20(17)23/h1-2,7,9-13H,3-6,8,14-16H2. The van der Waals surface area contributed by atoms with Crippen LogP contribution in [0.25, 0.3) is 0 Å². The molecule has 2 aliphatic heterocycles. The van der Waals surface area contributed by atoms with Gasteiger partial charge in [0.1, 0.15) is 0 Å². The zero-order chi connectivity index (χ0) is 16.4. The summed E-state index contributed by atoms with van der Waals surface area (Å²) in [5, 5.41) is 0. The third kappa shape index (κ3) is 2.91. The minimum atomic E-state index is 0.123. The van der Waals surface area contributed by atoms with Crippen molar-refractivity contribution in [1.29, 1.82) is 0 Å². The van der Waals surface area contributed by atoms with Crippen LogP contribution in [-0.2, 0) is 6.42 Å². The van der Waals surface area contributed by atoms with Gasteiger partial charge in [-0.3, -0.25) is 4.79 Å². The highest BCUT2D eigenvalue weighted by molar-refractivity contribution is 6.06. The van der Waals surface area contributed by atoms with Crippen LogP contribution >= 0.6 is 0 Å². The Morgan fingerprint density at radius 2 is 1.50 bits per heavy atom. The number of carbonyl (C=O) groups excluding carboxylic acids is 1. The third-order valence-electron chi connectivity index (χ3n) is 5.19. The number of para-hydroxylation sites is 1. The van der Waals surface area contributed by atoms with Gasteiger partial charge in [-0.2, -0.15) is 0 Å². The van der Waals surface area contributed by atoms with Gasteiger partial charge in [0.2, 0.25) is 0 Å². The van der Waals surface area contributed by atoms with Crippen LogP contribution in [0.15, 0.2) is 48.5 Å². The Bertz CT molecular complexity index is 717. The first-order chi connectivity index (χ1) is 11.8.